The molecule has 0 unspecified atom stereocenters. The van der Waals surface area contributed by atoms with Gasteiger partial charge in [-0.25, -0.2) is 0 Å². The van der Waals surface area contributed by atoms with Gasteiger partial charge < -0.3 is 14.2 Å². The summed E-state index contributed by atoms with van der Waals surface area (Å²) in [5, 5.41) is 0. The first-order valence-corrected chi connectivity index (χ1v) is 9.63. The van der Waals surface area contributed by atoms with E-state index in [1.165, 1.54) is 22.3 Å². The third kappa shape index (κ3) is 5.29. The van der Waals surface area contributed by atoms with Crippen molar-refractivity contribution in [3.63, 3.8) is 0 Å². The molecule has 0 atom stereocenters. The van der Waals surface area contributed by atoms with Gasteiger partial charge in [0.05, 0.1) is 21.3 Å². The van der Waals surface area contributed by atoms with Crippen molar-refractivity contribution in [1.82, 2.24) is 0 Å². The number of methoxy groups -OCH3 is 3. The second kappa shape index (κ2) is 9.84. The van der Waals surface area contributed by atoms with Crippen LogP contribution < -0.4 is 14.2 Å². The molecule has 146 valence electrons. The molecule has 0 radical (unpaired) electrons. The molecule has 0 spiro atoms. The van der Waals surface area contributed by atoms with Crippen LogP contribution in [0.4, 0.5) is 0 Å². The summed E-state index contributed by atoms with van der Waals surface area (Å²) in [5.41, 5.74) is 5.36. The molecule has 0 fully saturated rings. The Labute approximate surface area is 167 Å². The van der Waals surface area contributed by atoms with Gasteiger partial charge in [0.15, 0.2) is 0 Å². The topological polar surface area (TPSA) is 27.7 Å². The number of ether oxygens (including phenoxy) is 3. The van der Waals surface area contributed by atoms with E-state index in [1.807, 2.05) is 18.2 Å². The maximum atomic E-state index is 5.39. The molecule has 3 heteroatoms. The highest BCUT2D eigenvalue weighted by Gasteiger charge is 2.06. The molecule has 0 amide bonds. The van der Waals surface area contributed by atoms with Gasteiger partial charge in [-0.05, 0) is 72.2 Å². The molecular weight excluding hydrogens is 348 g/mol. The SMILES string of the molecule is COc1ccc(CCc2ccccc2CCc2cc(OC)cc(OC)c2)cc1. The quantitative estimate of drug-likeness (QED) is 0.508. The Bertz CT molecular complexity index is 862. The van der Waals surface area contributed by atoms with Gasteiger partial charge in [-0.3, -0.25) is 0 Å². The molecule has 0 N–H and O–H groups in total. The van der Waals surface area contributed by atoms with Gasteiger partial charge in [0.2, 0.25) is 0 Å². The minimum absolute atomic E-state index is 0.835. The lowest BCUT2D eigenvalue weighted by atomic mass is 9.95. The zero-order valence-corrected chi connectivity index (χ0v) is 16.9. The van der Waals surface area contributed by atoms with Crippen LogP contribution in [0.5, 0.6) is 17.2 Å². The van der Waals surface area contributed by atoms with Gasteiger partial charge in [-0.2, -0.15) is 0 Å². The Balaban J connectivity index is 1.66. The Kier molecular flexibility index (Phi) is 6.96. The number of hydrogen-bond acceptors (Lipinski definition) is 3. The standard InChI is InChI=1S/C25H28O3/c1-26-23-14-10-19(11-15-23)8-12-21-6-4-5-7-22(21)13-9-20-16-24(27-2)18-25(17-20)28-3/h4-7,10-11,14-18H,8-9,12-13H2,1-3H3. The molecule has 3 rings (SSSR count). The highest BCUT2D eigenvalue weighted by atomic mass is 16.5. The Hall–Kier alpha value is -2.94. The van der Waals surface area contributed by atoms with Crippen LogP contribution >= 0.6 is 0 Å². The fourth-order valence-electron chi connectivity index (χ4n) is 3.41. The second-order valence-corrected chi connectivity index (χ2v) is 6.84. The van der Waals surface area contributed by atoms with E-state index < -0.39 is 0 Å². The molecule has 3 aromatic carbocycles. The molecule has 0 saturated carbocycles. The van der Waals surface area contributed by atoms with Gasteiger partial charge in [0.1, 0.15) is 17.2 Å². The molecule has 0 aliphatic heterocycles. The monoisotopic (exact) mass is 376 g/mol. The molecule has 0 aliphatic rings. The summed E-state index contributed by atoms with van der Waals surface area (Å²) in [5.74, 6) is 2.57. The van der Waals surface area contributed by atoms with E-state index in [0.29, 0.717) is 0 Å². The summed E-state index contributed by atoms with van der Waals surface area (Å²) >= 11 is 0. The summed E-state index contributed by atoms with van der Waals surface area (Å²) in [6, 6.07) is 23.1. The minimum Gasteiger partial charge on any atom is -0.497 e. The van der Waals surface area contributed by atoms with Crippen molar-refractivity contribution in [1.29, 1.82) is 0 Å². The van der Waals surface area contributed by atoms with E-state index in [2.05, 4.69) is 48.5 Å². The average molecular weight is 376 g/mol. The summed E-state index contributed by atoms with van der Waals surface area (Å²) in [6.07, 6.45) is 4.00. The van der Waals surface area contributed by atoms with Crippen LogP contribution in [0.15, 0.2) is 66.7 Å². The number of aryl methyl sites for hydroxylation is 4. The van der Waals surface area contributed by atoms with Crippen molar-refractivity contribution in [3.8, 4) is 17.2 Å². The van der Waals surface area contributed by atoms with Crippen LogP contribution in [0.1, 0.15) is 22.3 Å². The predicted molar refractivity (Wildman–Crippen MR) is 114 cm³/mol. The van der Waals surface area contributed by atoms with Crippen LogP contribution in [0.25, 0.3) is 0 Å². The lowest BCUT2D eigenvalue weighted by Gasteiger charge is -2.12. The first kappa shape index (κ1) is 19.8. The van der Waals surface area contributed by atoms with E-state index in [1.54, 1.807) is 21.3 Å². The fourth-order valence-corrected chi connectivity index (χ4v) is 3.41. The van der Waals surface area contributed by atoms with Gasteiger partial charge in [-0.15, -0.1) is 0 Å². The second-order valence-electron chi connectivity index (χ2n) is 6.84. The highest BCUT2D eigenvalue weighted by Crippen LogP contribution is 2.24. The molecule has 0 saturated heterocycles. The molecule has 0 aliphatic carbocycles. The first-order chi connectivity index (χ1) is 13.7. The third-order valence-corrected chi connectivity index (χ3v) is 5.05. The summed E-state index contributed by atoms with van der Waals surface area (Å²) in [6.45, 7) is 0. The zero-order chi connectivity index (χ0) is 19.8. The minimum atomic E-state index is 0.835. The van der Waals surface area contributed by atoms with Crippen molar-refractivity contribution in [3.05, 3.63) is 89.0 Å². The molecule has 0 aromatic heterocycles. The molecule has 3 nitrogen and oxygen atoms in total. The lowest BCUT2D eigenvalue weighted by molar-refractivity contribution is 0.393. The smallest absolute Gasteiger partial charge is 0.122 e. The summed E-state index contributed by atoms with van der Waals surface area (Å²) in [7, 11) is 5.07. The van der Waals surface area contributed by atoms with E-state index in [-0.39, 0.29) is 0 Å². The number of benzene rings is 3. The van der Waals surface area contributed by atoms with Crippen LogP contribution in [-0.2, 0) is 25.7 Å². The van der Waals surface area contributed by atoms with E-state index in [9.17, 15) is 0 Å². The molecule has 28 heavy (non-hydrogen) atoms. The van der Waals surface area contributed by atoms with E-state index in [4.69, 9.17) is 14.2 Å². The molecular formula is C25H28O3. The Morgan fingerprint density at radius 3 is 1.50 bits per heavy atom. The summed E-state index contributed by atoms with van der Waals surface area (Å²) < 4.78 is 16.0. The maximum absolute atomic E-state index is 5.39. The molecule has 0 bridgehead atoms. The van der Waals surface area contributed by atoms with Gasteiger partial charge in [0, 0.05) is 6.07 Å². The van der Waals surface area contributed by atoms with Gasteiger partial charge in [-0.1, -0.05) is 36.4 Å². The van der Waals surface area contributed by atoms with E-state index in [0.717, 1.165) is 42.9 Å². The Morgan fingerprint density at radius 2 is 1.00 bits per heavy atom. The lowest BCUT2D eigenvalue weighted by Crippen LogP contribution is -2.00. The first-order valence-electron chi connectivity index (χ1n) is 9.63. The van der Waals surface area contributed by atoms with Crippen LogP contribution in [0.2, 0.25) is 0 Å². The Morgan fingerprint density at radius 1 is 0.500 bits per heavy atom. The molecule has 0 heterocycles. The van der Waals surface area contributed by atoms with Gasteiger partial charge in [0.25, 0.3) is 0 Å². The van der Waals surface area contributed by atoms with Crippen molar-refractivity contribution in [2.24, 2.45) is 0 Å². The normalized spacial score (nSPS) is 10.5. The van der Waals surface area contributed by atoms with Crippen molar-refractivity contribution in [2.75, 3.05) is 21.3 Å². The maximum Gasteiger partial charge on any atom is 0.122 e. The predicted octanol–water partition coefficient (Wildman–Crippen LogP) is 5.28. The molecule has 3 aromatic rings. The van der Waals surface area contributed by atoms with Crippen LogP contribution in [-0.4, -0.2) is 21.3 Å². The van der Waals surface area contributed by atoms with Crippen molar-refractivity contribution in [2.45, 2.75) is 25.7 Å². The third-order valence-electron chi connectivity index (χ3n) is 5.05. The van der Waals surface area contributed by atoms with Gasteiger partial charge >= 0.3 is 0 Å². The largest absolute Gasteiger partial charge is 0.497 e. The van der Waals surface area contributed by atoms with Crippen molar-refractivity contribution >= 4 is 0 Å². The number of hydrogen-bond donors (Lipinski definition) is 0. The van der Waals surface area contributed by atoms with Crippen molar-refractivity contribution < 1.29 is 14.2 Å². The zero-order valence-electron chi connectivity index (χ0n) is 16.9. The van der Waals surface area contributed by atoms with Crippen LogP contribution in [0.3, 0.4) is 0 Å². The van der Waals surface area contributed by atoms with E-state index >= 15 is 0 Å². The number of rotatable bonds is 9. The van der Waals surface area contributed by atoms with Crippen LogP contribution in [0, 0.1) is 0 Å². The fraction of sp³-hybridized carbons (Fsp3) is 0.280. The highest BCUT2D eigenvalue weighted by molar-refractivity contribution is 5.39. The summed E-state index contributed by atoms with van der Waals surface area (Å²) in [4.78, 5) is 0. The average Bonchev–Trinajstić information content (AvgIpc) is 2.76.